The quantitative estimate of drug-likeness (QED) is 0.701. The highest BCUT2D eigenvalue weighted by Crippen LogP contribution is 2.22. The fourth-order valence-electron chi connectivity index (χ4n) is 2.45. The molecule has 2 rings (SSSR count). The number of hydrogen-bond acceptors (Lipinski definition) is 5. The second kappa shape index (κ2) is 8.66. The zero-order chi connectivity index (χ0) is 18.4. The molecule has 0 fully saturated rings. The first-order valence-corrected chi connectivity index (χ1v) is 8.96. The van der Waals surface area contributed by atoms with Crippen LogP contribution in [-0.2, 0) is 9.59 Å². The molecule has 1 heterocycles. The molecular weight excluding hydrogens is 340 g/mol. The monoisotopic (exact) mass is 362 g/mol. The summed E-state index contributed by atoms with van der Waals surface area (Å²) < 4.78 is 1.88. The van der Waals surface area contributed by atoms with Crippen LogP contribution in [-0.4, -0.2) is 37.5 Å². The van der Waals surface area contributed by atoms with Crippen LogP contribution in [0.15, 0.2) is 35.7 Å². The zero-order valence-corrected chi connectivity index (χ0v) is 15.3. The van der Waals surface area contributed by atoms with Crippen molar-refractivity contribution < 1.29 is 14.7 Å². The Bertz CT molecular complexity index is 745. The van der Waals surface area contributed by atoms with Gasteiger partial charge in [-0.15, -0.1) is 10.2 Å². The standard InChI is InChI=1S/C17H22N4O3S/c1-11(2)21-10-18-20-17(21)25-9-15(22)19-14(8-16(23)24)13-7-5-4-6-12(13)3/h4-7,10-11,14H,8-9H2,1-3H3,(H,19,22)(H,23,24). The first-order chi connectivity index (χ1) is 11.9. The largest absolute Gasteiger partial charge is 0.481 e. The highest BCUT2D eigenvalue weighted by Gasteiger charge is 2.20. The van der Waals surface area contributed by atoms with Gasteiger partial charge in [0.25, 0.3) is 0 Å². The molecule has 1 amide bonds. The predicted molar refractivity (Wildman–Crippen MR) is 95.4 cm³/mol. The zero-order valence-electron chi connectivity index (χ0n) is 14.5. The third kappa shape index (κ3) is 5.32. The number of hydrogen-bond donors (Lipinski definition) is 2. The molecular formula is C17H22N4O3S. The Hall–Kier alpha value is -2.35. The molecule has 2 N–H and O–H groups in total. The van der Waals surface area contributed by atoms with Gasteiger partial charge in [0.05, 0.1) is 18.2 Å². The van der Waals surface area contributed by atoms with Crippen LogP contribution in [0.25, 0.3) is 0 Å². The van der Waals surface area contributed by atoms with E-state index in [1.165, 1.54) is 11.8 Å². The van der Waals surface area contributed by atoms with Crippen molar-refractivity contribution in [2.45, 2.75) is 44.4 Å². The molecule has 8 heteroatoms. The van der Waals surface area contributed by atoms with Crippen molar-refractivity contribution in [3.63, 3.8) is 0 Å². The van der Waals surface area contributed by atoms with Crippen LogP contribution < -0.4 is 5.32 Å². The Morgan fingerprint density at radius 1 is 1.32 bits per heavy atom. The number of aromatic nitrogens is 3. The van der Waals surface area contributed by atoms with E-state index in [0.717, 1.165) is 11.1 Å². The van der Waals surface area contributed by atoms with Gasteiger partial charge >= 0.3 is 5.97 Å². The van der Waals surface area contributed by atoms with Crippen molar-refractivity contribution in [1.82, 2.24) is 20.1 Å². The van der Waals surface area contributed by atoms with Crippen LogP contribution in [0, 0.1) is 6.92 Å². The van der Waals surface area contributed by atoms with Crippen molar-refractivity contribution in [3.8, 4) is 0 Å². The number of nitrogens with one attached hydrogen (secondary N) is 1. The van der Waals surface area contributed by atoms with Gasteiger partial charge in [-0.25, -0.2) is 0 Å². The summed E-state index contributed by atoms with van der Waals surface area (Å²) in [5.41, 5.74) is 1.76. The van der Waals surface area contributed by atoms with E-state index in [1.807, 2.05) is 49.6 Å². The van der Waals surface area contributed by atoms with E-state index in [-0.39, 0.29) is 24.1 Å². The van der Waals surface area contributed by atoms with E-state index in [0.29, 0.717) is 5.16 Å². The van der Waals surface area contributed by atoms with Gasteiger partial charge in [0, 0.05) is 6.04 Å². The summed E-state index contributed by atoms with van der Waals surface area (Å²) in [7, 11) is 0. The second-order valence-corrected chi connectivity index (χ2v) is 6.92. The van der Waals surface area contributed by atoms with Gasteiger partial charge in [-0.1, -0.05) is 36.0 Å². The maximum Gasteiger partial charge on any atom is 0.305 e. The fraction of sp³-hybridized carbons (Fsp3) is 0.412. The molecule has 1 atom stereocenters. The number of amides is 1. The lowest BCUT2D eigenvalue weighted by atomic mass is 9.99. The Kier molecular flexibility index (Phi) is 6.58. The molecule has 1 aromatic heterocycles. The summed E-state index contributed by atoms with van der Waals surface area (Å²) in [6.45, 7) is 5.92. The molecule has 0 aliphatic carbocycles. The van der Waals surface area contributed by atoms with E-state index in [1.54, 1.807) is 6.33 Å². The first-order valence-electron chi connectivity index (χ1n) is 7.97. The molecule has 1 aromatic carbocycles. The summed E-state index contributed by atoms with van der Waals surface area (Å²) in [5, 5.41) is 20.5. The lowest BCUT2D eigenvalue weighted by molar-refractivity contribution is -0.137. The van der Waals surface area contributed by atoms with Crippen LogP contribution in [0.1, 0.15) is 43.5 Å². The number of carboxylic acids is 1. The molecule has 25 heavy (non-hydrogen) atoms. The molecule has 7 nitrogen and oxygen atoms in total. The van der Waals surface area contributed by atoms with Crippen LogP contribution in [0.3, 0.4) is 0 Å². The summed E-state index contributed by atoms with van der Waals surface area (Å²) in [6, 6.07) is 7.10. The number of nitrogens with zero attached hydrogens (tertiary/aromatic N) is 3. The number of benzene rings is 1. The predicted octanol–water partition coefficient (Wildman–Crippen LogP) is 2.59. The van der Waals surface area contributed by atoms with Crippen molar-refractivity contribution in [3.05, 3.63) is 41.7 Å². The van der Waals surface area contributed by atoms with E-state index < -0.39 is 12.0 Å². The van der Waals surface area contributed by atoms with Gasteiger partial charge in [0.15, 0.2) is 5.16 Å². The average Bonchev–Trinajstić information content (AvgIpc) is 3.01. The van der Waals surface area contributed by atoms with Crippen molar-refractivity contribution in [2.24, 2.45) is 0 Å². The number of carbonyl (C=O) groups is 2. The minimum absolute atomic E-state index is 0.146. The third-order valence-corrected chi connectivity index (χ3v) is 4.66. The summed E-state index contributed by atoms with van der Waals surface area (Å²) in [5.74, 6) is -1.05. The molecule has 0 aliphatic rings. The third-order valence-electron chi connectivity index (χ3n) is 3.71. The number of rotatable bonds is 8. The highest BCUT2D eigenvalue weighted by atomic mass is 32.2. The maximum absolute atomic E-state index is 12.3. The Balaban J connectivity index is 2.03. The minimum Gasteiger partial charge on any atom is -0.481 e. The number of aryl methyl sites for hydroxylation is 1. The lowest BCUT2D eigenvalue weighted by Gasteiger charge is -2.19. The Labute approximate surface area is 150 Å². The van der Waals surface area contributed by atoms with Gasteiger partial charge in [0.2, 0.25) is 5.91 Å². The molecule has 0 aliphatic heterocycles. The van der Waals surface area contributed by atoms with Crippen LogP contribution >= 0.6 is 11.8 Å². The number of carboxylic acid groups (broad SMARTS) is 1. The molecule has 0 saturated carbocycles. The van der Waals surface area contributed by atoms with Gasteiger partial charge in [-0.05, 0) is 31.9 Å². The van der Waals surface area contributed by atoms with Crippen molar-refractivity contribution in [2.75, 3.05) is 5.75 Å². The fourth-order valence-corrected chi connectivity index (χ4v) is 3.30. The molecule has 134 valence electrons. The smallest absolute Gasteiger partial charge is 0.305 e. The molecule has 0 bridgehead atoms. The van der Waals surface area contributed by atoms with Gasteiger partial charge in [-0.3, -0.25) is 9.59 Å². The molecule has 0 saturated heterocycles. The van der Waals surface area contributed by atoms with E-state index >= 15 is 0 Å². The van der Waals surface area contributed by atoms with Gasteiger partial charge in [-0.2, -0.15) is 0 Å². The molecule has 0 spiro atoms. The van der Waals surface area contributed by atoms with Gasteiger partial charge in [0.1, 0.15) is 6.33 Å². The summed E-state index contributed by atoms with van der Waals surface area (Å²) in [4.78, 5) is 23.5. The minimum atomic E-state index is -0.958. The summed E-state index contributed by atoms with van der Waals surface area (Å²) in [6.07, 6.45) is 1.47. The van der Waals surface area contributed by atoms with Crippen LogP contribution in [0.2, 0.25) is 0 Å². The highest BCUT2D eigenvalue weighted by molar-refractivity contribution is 7.99. The normalized spacial score (nSPS) is 12.2. The van der Waals surface area contributed by atoms with Crippen molar-refractivity contribution >= 4 is 23.6 Å². The number of carbonyl (C=O) groups excluding carboxylic acids is 1. The number of aliphatic carboxylic acids is 1. The maximum atomic E-state index is 12.3. The van der Waals surface area contributed by atoms with Crippen LogP contribution in [0.4, 0.5) is 0 Å². The molecule has 2 aromatic rings. The average molecular weight is 362 g/mol. The van der Waals surface area contributed by atoms with Crippen LogP contribution in [0.5, 0.6) is 0 Å². The van der Waals surface area contributed by atoms with E-state index in [2.05, 4.69) is 15.5 Å². The van der Waals surface area contributed by atoms with Crippen molar-refractivity contribution in [1.29, 1.82) is 0 Å². The molecule has 1 unspecified atom stereocenters. The first kappa shape index (κ1) is 19.0. The van der Waals surface area contributed by atoms with E-state index in [4.69, 9.17) is 5.11 Å². The Morgan fingerprint density at radius 3 is 2.68 bits per heavy atom. The number of thioether (sulfide) groups is 1. The van der Waals surface area contributed by atoms with E-state index in [9.17, 15) is 9.59 Å². The molecule has 0 radical (unpaired) electrons. The Morgan fingerprint density at radius 2 is 2.04 bits per heavy atom. The summed E-state index contributed by atoms with van der Waals surface area (Å²) >= 11 is 1.28. The topological polar surface area (TPSA) is 97.1 Å². The SMILES string of the molecule is Cc1ccccc1C(CC(=O)O)NC(=O)CSc1nncn1C(C)C. The van der Waals surface area contributed by atoms with Gasteiger partial charge < -0.3 is 15.0 Å². The lowest BCUT2D eigenvalue weighted by Crippen LogP contribution is -2.32. The second-order valence-electron chi connectivity index (χ2n) is 5.98.